The van der Waals surface area contributed by atoms with E-state index in [4.69, 9.17) is 58.4 Å². The van der Waals surface area contributed by atoms with Crippen molar-refractivity contribution in [2.75, 3.05) is 41.7 Å². The number of hydrogen-bond acceptors (Lipinski definition) is 13. The Bertz CT molecular complexity index is 4040. The van der Waals surface area contributed by atoms with Crippen LogP contribution in [0.4, 0.5) is 0 Å². The van der Waals surface area contributed by atoms with E-state index in [1.54, 1.807) is 28.4 Å². The van der Waals surface area contributed by atoms with Crippen molar-refractivity contribution in [3.05, 3.63) is 192 Å². The van der Waals surface area contributed by atoms with Crippen LogP contribution >= 0.6 is 16.5 Å². The maximum atomic E-state index is 8.04. The van der Waals surface area contributed by atoms with Crippen molar-refractivity contribution < 1.29 is 58.4 Å². The summed E-state index contributed by atoms with van der Waals surface area (Å²) >= 11 is 0. The van der Waals surface area contributed by atoms with Crippen LogP contribution in [0, 0.1) is 0 Å². The van der Waals surface area contributed by atoms with Gasteiger partial charge in [-0.25, -0.2) is 0 Å². The topological polar surface area (TPSA) is 136 Å². The van der Waals surface area contributed by atoms with E-state index >= 15 is 0 Å². The minimum Gasteiger partial charge on any atom is -0.497 e. The van der Waals surface area contributed by atoms with Crippen molar-refractivity contribution in [1.29, 1.82) is 0 Å². The van der Waals surface area contributed by atoms with Crippen LogP contribution in [0.25, 0.3) is 43.9 Å². The van der Waals surface area contributed by atoms with Crippen LogP contribution in [0.1, 0.15) is 147 Å². The molecule has 1 unspecified atom stereocenters. The first-order valence-corrected chi connectivity index (χ1v) is 40.4. The van der Waals surface area contributed by atoms with Gasteiger partial charge in [0.05, 0.1) is 41.7 Å². The van der Waals surface area contributed by atoms with E-state index < -0.39 is 89.3 Å². The first kappa shape index (κ1) is 73.2. The third-order valence-corrected chi connectivity index (χ3v) is 31.4. The predicted molar refractivity (Wildman–Crippen MR) is 410 cm³/mol. The Balaban J connectivity index is 1.25. The Morgan fingerprint density at radius 2 is 0.545 bits per heavy atom. The second kappa shape index (κ2) is 28.1. The number of methoxy groups -OCH3 is 4. The largest absolute Gasteiger partial charge is 0.497 e. The van der Waals surface area contributed by atoms with Crippen molar-refractivity contribution >= 4 is 97.7 Å². The van der Waals surface area contributed by atoms with Crippen LogP contribution in [0.5, 0.6) is 23.0 Å². The average molecular weight is 1410 g/mol. The Labute approximate surface area is 590 Å². The molecule has 1 aliphatic rings. The summed E-state index contributed by atoms with van der Waals surface area (Å²) in [5.74, 6) is 2.66. The van der Waals surface area contributed by atoms with E-state index in [0.29, 0.717) is 45.3 Å². The Morgan fingerprint density at radius 3 is 0.737 bits per heavy atom. The number of rotatable bonds is 18. The van der Waals surface area contributed by atoms with Gasteiger partial charge in [-0.3, -0.25) is 9.05 Å². The SMILES string of the molecule is COc1cc(C(C)(C)C)c2op(O[C@H]3[C@H](Op4oc5c(C(C)(C)C)cc(OC)cc5c5cc(OC)cc(C(C)(C)C)c5o4)C(CO[Si](c4ccccc4)(c4ccccc4)C(C)(C)C)O[C@@H]3CO[Si](c3ccccc3)(c3ccccc3)C(C)(C)C)oc3c(C(C)(C)C)cc(OC)cc3c2c1. The smallest absolute Gasteiger partial charge is 0.387 e. The summed E-state index contributed by atoms with van der Waals surface area (Å²) in [4.78, 5) is 0. The van der Waals surface area contributed by atoms with E-state index in [9.17, 15) is 0 Å². The van der Waals surface area contributed by atoms with E-state index in [2.05, 4.69) is 246 Å². The number of hydrogen-bond donors (Lipinski definition) is 0. The molecule has 11 rings (SSSR count). The standard InChI is InChI=1S/C82H102O13P2Si2/c1-77(2,3)65-47-53(83-19)43-61-62-44-54(84-20)48-66(78(4,5)6)72(62)91-96(90-71(61)65)94-75-69(51-87-98(81(13,14)15,57-35-27-23-28-36-57)58-37-29-24-30-38-58)89-70(52-88-99(82(16,17)18,59-39-31-25-32-40-59)60-41-33-26-34-42-60)76(75)95-97-92-73-63(45-55(85-21)49-67(73)79(7,8)9)64-46-56(86-22)50-68(74(64)93-97)80(10,11)12/h23-50,69-70,75-76H,51-52H2,1-22H3/t69-,70?,75-,76-/m1/s1. The monoisotopic (exact) mass is 1410 g/mol. The summed E-state index contributed by atoms with van der Waals surface area (Å²) in [5, 5.41) is 6.68. The fourth-order valence-electron chi connectivity index (χ4n) is 14.2. The van der Waals surface area contributed by atoms with Crippen LogP contribution in [-0.4, -0.2) is 82.7 Å². The van der Waals surface area contributed by atoms with Gasteiger partial charge in [0.2, 0.25) is 0 Å². The van der Waals surface area contributed by atoms with Gasteiger partial charge in [-0.1, -0.05) is 246 Å². The maximum Gasteiger partial charge on any atom is 0.387 e. The lowest BCUT2D eigenvalue weighted by Gasteiger charge is -2.44. The molecule has 0 radical (unpaired) electrons. The number of ether oxygens (including phenoxy) is 5. The van der Waals surface area contributed by atoms with E-state index in [1.807, 2.05) is 48.5 Å². The van der Waals surface area contributed by atoms with Gasteiger partial charge in [0, 0.05) is 43.8 Å². The van der Waals surface area contributed by atoms with E-state index in [1.165, 1.54) is 0 Å². The molecule has 0 amide bonds. The zero-order valence-electron chi connectivity index (χ0n) is 62.1. The van der Waals surface area contributed by atoms with Crippen LogP contribution in [-0.2, 0) is 35.2 Å². The normalized spacial score (nSPS) is 16.8. The highest BCUT2D eigenvalue weighted by atomic mass is 31.1. The molecule has 0 saturated carbocycles. The highest BCUT2D eigenvalue weighted by Crippen LogP contribution is 2.50. The lowest BCUT2D eigenvalue weighted by Crippen LogP contribution is -2.67. The van der Waals surface area contributed by atoms with Crippen LogP contribution in [0.3, 0.4) is 0 Å². The highest BCUT2D eigenvalue weighted by molar-refractivity contribution is 7.32. The highest BCUT2D eigenvalue weighted by Gasteiger charge is 2.56. The number of benzene rings is 8. The lowest BCUT2D eigenvalue weighted by molar-refractivity contribution is -0.0266. The van der Waals surface area contributed by atoms with Gasteiger partial charge in [-0.2, -0.15) is 0 Å². The van der Waals surface area contributed by atoms with Gasteiger partial charge < -0.3 is 49.3 Å². The van der Waals surface area contributed by atoms with Gasteiger partial charge in [0.15, 0.2) is 0 Å². The second-order valence-electron chi connectivity index (χ2n) is 32.3. The van der Waals surface area contributed by atoms with E-state index in [-0.39, 0.29) is 13.2 Å². The molecule has 0 aliphatic carbocycles. The summed E-state index contributed by atoms with van der Waals surface area (Å²) in [6, 6.07) is 59.0. The molecular formula is C82H102O13P2Si2. The van der Waals surface area contributed by atoms with Crippen molar-refractivity contribution in [3.8, 4) is 23.0 Å². The van der Waals surface area contributed by atoms with Crippen molar-refractivity contribution in [1.82, 2.24) is 0 Å². The first-order valence-electron chi connectivity index (χ1n) is 34.4. The first-order chi connectivity index (χ1) is 46.6. The molecule has 8 aromatic carbocycles. The van der Waals surface area contributed by atoms with Gasteiger partial charge in [-0.05, 0) is 101 Å². The molecule has 526 valence electrons. The van der Waals surface area contributed by atoms with E-state index in [0.717, 1.165) is 64.5 Å². The van der Waals surface area contributed by atoms with Gasteiger partial charge >= 0.3 is 16.5 Å². The molecular weight excluding hydrogens is 1310 g/mol. The van der Waals surface area contributed by atoms with Crippen LogP contribution in [0.2, 0.25) is 10.1 Å². The summed E-state index contributed by atoms with van der Waals surface area (Å²) in [7, 11) is -4.82. The Hall–Kier alpha value is -7.01. The average Bonchev–Trinajstić information content (AvgIpc) is 1.50. The molecule has 2 aromatic heterocycles. The molecule has 4 atom stereocenters. The van der Waals surface area contributed by atoms with Gasteiger partial charge in [0.25, 0.3) is 16.6 Å². The van der Waals surface area contributed by atoms with Crippen LogP contribution in [0.15, 0.2) is 187 Å². The molecule has 10 aromatic rings. The molecule has 0 N–H and O–H groups in total. The molecule has 3 heterocycles. The Morgan fingerprint density at radius 1 is 0.323 bits per heavy atom. The molecule has 99 heavy (non-hydrogen) atoms. The maximum absolute atomic E-state index is 8.04. The predicted octanol–water partition coefficient (Wildman–Crippen LogP) is 19.3. The number of fused-ring (bicyclic) bond motifs is 6. The quantitative estimate of drug-likeness (QED) is 0.0755. The van der Waals surface area contributed by atoms with Crippen molar-refractivity contribution in [2.24, 2.45) is 0 Å². The summed E-state index contributed by atoms with van der Waals surface area (Å²) < 4.78 is 94.7. The minimum absolute atomic E-state index is 0.0476. The molecule has 1 aliphatic heterocycles. The molecule has 0 spiro atoms. The fraction of sp³-hybridized carbons (Fsp3) is 0.415. The van der Waals surface area contributed by atoms with Gasteiger partial charge in [0.1, 0.15) is 69.7 Å². The van der Waals surface area contributed by atoms with Crippen molar-refractivity contribution in [3.63, 3.8) is 0 Å². The third kappa shape index (κ3) is 14.5. The minimum atomic E-state index is -3.32. The second-order valence-corrected chi connectivity index (χ2v) is 43.0. The lowest BCUT2D eigenvalue weighted by atomic mass is 9.84. The molecule has 0 bridgehead atoms. The van der Waals surface area contributed by atoms with Crippen LogP contribution < -0.4 is 48.7 Å². The third-order valence-electron chi connectivity index (χ3n) is 19.3. The molecule has 1 fully saturated rings. The fourth-order valence-corrected chi connectivity index (χ4v) is 25.9. The summed E-state index contributed by atoms with van der Waals surface area (Å²) in [6.45, 7) is 39.8. The summed E-state index contributed by atoms with van der Waals surface area (Å²) in [6.07, 6.45) is -3.87. The molecule has 13 nitrogen and oxygen atoms in total. The zero-order valence-corrected chi connectivity index (χ0v) is 65.9. The summed E-state index contributed by atoms with van der Waals surface area (Å²) in [5.41, 5.74) is 4.05. The molecule has 17 heteroatoms. The van der Waals surface area contributed by atoms with Crippen molar-refractivity contribution in [2.45, 2.75) is 181 Å². The Kier molecular flexibility index (Phi) is 20.8. The van der Waals surface area contributed by atoms with Gasteiger partial charge in [-0.15, -0.1) is 0 Å². The zero-order chi connectivity index (χ0) is 71.4. The molecule has 1 saturated heterocycles.